The minimum Gasteiger partial charge on any atom is -0.507 e. The summed E-state index contributed by atoms with van der Waals surface area (Å²) < 4.78 is 7.12. The topological polar surface area (TPSA) is 67.5 Å². The molecule has 2 aromatic heterocycles. The molecule has 3 aromatic rings. The van der Waals surface area contributed by atoms with Gasteiger partial charge in [-0.05, 0) is 26.8 Å². The van der Waals surface area contributed by atoms with Crippen molar-refractivity contribution in [1.82, 2.24) is 0 Å². The summed E-state index contributed by atoms with van der Waals surface area (Å²) in [4.78, 5) is 25.3. The van der Waals surface area contributed by atoms with Crippen molar-refractivity contribution >= 4 is 33.0 Å². The molecule has 0 amide bonds. The average molecular weight is 352 g/mol. The Bertz CT molecular complexity index is 1130. The standard InChI is InChI=1S/C20H16O4S/c1-10-17(22)16-13(21)8-14(24-19(16)20(2,3)18(10)23)12-9-25-15-7-5-4-6-11(12)15/h4-9,22H,1-3H3. The molecule has 0 aliphatic heterocycles. The summed E-state index contributed by atoms with van der Waals surface area (Å²) in [6.07, 6.45) is 0. The Morgan fingerprint density at radius 3 is 2.64 bits per heavy atom. The van der Waals surface area contributed by atoms with Crippen LogP contribution in [-0.4, -0.2) is 10.9 Å². The maximum Gasteiger partial charge on any atom is 0.196 e. The van der Waals surface area contributed by atoms with E-state index < -0.39 is 5.41 Å². The number of carbonyl (C=O) groups is 1. The lowest BCUT2D eigenvalue weighted by Gasteiger charge is -2.29. The Hall–Kier alpha value is -2.66. The number of thiophene rings is 1. The average Bonchev–Trinajstić information content (AvgIpc) is 3.02. The van der Waals surface area contributed by atoms with E-state index in [0.717, 1.165) is 15.6 Å². The second kappa shape index (κ2) is 5.17. The fraction of sp³-hybridized carbons (Fsp3) is 0.200. The predicted octanol–water partition coefficient (Wildman–Crippen LogP) is 4.67. The molecule has 5 heteroatoms. The molecule has 0 spiro atoms. The first-order chi connectivity index (χ1) is 11.8. The Balaban J connectivity index is 2.05. The first kappa shape index (κ1) is 15.8. The first-order valence-electron chi connectivity index (χ1n) is 7.92. The van der Waals surface area contributed by atoms with Gasteiger partial charge in [0.05, 0.1) is 5.41 Å². The van der Waals surface area contributed by atoms with Crippen LogP contribution in [0.1, 0.15) is 32.1 Å². The van der Waals surface area contributed by atoms with Crippen LogP contribution in [0.5, 0.6) is 0 Å². The number of aliphatic hydroxyl groups excluding tert-OH is 1. The lowest BCUT2D eigenvalue weighted by atomic mass is 9.75. The van der Waals surface area contributed by atoms with Crippen molar-refractivity contribution in [3.05, 3.63) is 62.8 Å². The Labute approximate surface area is 148 Å². The highest BCUT2D eigenvalue weighted by molar-refractivity contribution is 7.17. The van der Waals surface area contributed by atoms with Gasteiger partial charge in [0.15, 0.2) is 11.2 Å². The van der Waals surface area contributed by atoms with Gasteiger partial charge in [0.25, 0.3) is 0 Å². The van der Waals surface area contributed by atoms with Gasteiger partial charge in [-0.3, -0.25) is 9.59 Å². The third kappa shape index (κ3) is 2.12. The third-order valence-electron chi connectivity index (χ3n) is 4.76. The number of fused-ring (bicyclic) bond motifs is 2. The Kier molecular flexibility index (Phi) is 3.27. The number of carbonyl (C=O) groups excluding carboxylic acids is 1. The number of ketones is 1. The molecule has 1 aromatic carbocycles. The lowest BCUT2D eigenvalue weighted by Crippen LogP contribution is -2.37. The monoisotopic (exact) mass is 352 g/mol. The zero-order valence-corrected chi connectivity index (χ0v) is 14.9. The SMILES string of the molecule is CC1=C(O)c2c(oc(-c3csc4ccccc34)cc2=O)C(C)(C)C1=O. The van der Waals surface area contributed by atoms with Gasteiger partial charge in [-0.15, -0.1) is 11.3 Å². The van der Waals surface area contributed by atoms with E-state index in [1.54, 1.807) is 25.2 Å². The van der Waals surface area contributed by atoms with Gasteiger partial charge in [-0.25, -0.2) is 0 Å². The van der Waals surface area contributed by atoms with Gasteiger partial charge in [0.2, 0.25) is 0 Å². The van der Waals surface area contributed by atoms with Crippen LogP contribution in [-0.2, 0) is 10.2 Å². The van der Waals surface area contributed by atoms with Gasteiger partial charge >= 0.3 is 0 Å². The Morgan fingerprint density at radius 1 is 1.16 bits per heavy atom. The van der Waals surface area contributed by atoms with E-state index in [1.165, 1.54) is 13.0 Å². The van der Waals surface area contributed by atoms with Crippen LogP contribution in [0.4, 0.5) is 0 Å². The Morgan fingerprint density at radius 2 is 1.88 bits per heavy atom. The van der Waals surface area contributed by atoms with Crippen LogP contribution in [0.15, 0.2) is 50.5 Å². The number of allylic oxidation sites excluding steroid dienone is 1. The number of benzene rings is 1. The van der Waals surface area contributed by atoms with Crippen LogP contribution in [0.3, 0.4) is 0 Å². The van der Waals surface area contributed by atoms with E-state index in [-0.39, 0.29) is 33.9 Å². The normalized spacial score (nSPS) is 16.4. The van der Waals surface area contributed by atoms with Crippen molar-refractivity contribution in [2.75, 3.05) is 0 Å². The molecule has 2 heterocycles. The number of rotatable bonds is 1. The molecule has 1 aliphatic rings. The van der Waals surface area contributed by atoms with Gasteiger partial charge in [-0.1, -0.05) is 18.2 Å². The van der Waals surface area contributed by atoms with Gasteiger partial charge < -0.3 is 9.52 Å². The summed E-state index contributed by atoms with van der Waals surface area (Å²) in [5.41, 5.74) is -0.255. The summed E-state index contributed by atoms with van der Waals surface area (Å²) in [5.74, 6) is 0.107. The minimum absolute atomic E-state index is 0.0883. The number of hydrogen-bond acceptors (Lipinski definition) is 5. The summed E-state index contributed by atoms with van der Waals surface area (Å²) in [6.45, 7) is 4.95. The van der Waals surface area contributed by atoms with Crippen molar-refractivity contribution in [2.24, 2.45) is 0 Å². The van der Waals surface area contributed by atoms with Crippen LogP contribution in [0.25, 0.3) is 27.2 Å². The molecule has 0 atom stereocenters. The van der Waals surface area contributed by atoms with Crippen molar-refractivity contribution < 1.29 is 14.3 Å². The molecule has 4 rings (SSSR count). The molecule has 0 radical (unpaired) electrons. The summed E-state index contributed by atoms with van der Waals surface area (Å²) in [5, 5.41) is 13.2. The van der Waals surface area contributed by atoms with Crippen molar-refractivity contribution in [2.45, 2.75) is 26.2 Å². The molecular formula is C20H16O4S. The summed E-state index contributed by atoms with van der Waals surface area (Å²) >= 11 is 1.57. The quantitative estimate of drug-likeness (QED) is 0.691. The smallest absolute Gasteiger partial charge is 0.196 e. The molecule has 126 valence electrons. The van der Waals surface area contributed by atoms with Crippen molar-refractivity contribution in [3.8, 4) is 11.3 Å². The summed E-state index contributed by atoms with van der Waals surface area (Å²) in [6, 6.07) is 9.26. The van der Waals surface area contributed by atoms with Crippen molar-refractivity contribution in [3.63, 3.8) is 0 Å². The van der Waals surface area contributed by atoms with E-state index in [4.69, 9.17) is 4.42 Å². The molecule has 1 N–H and O–H groups in total. The highest BCUT2D eigenvalue weighted by Crippen LogP contribution is 2.41. The maximum atomic E-state index is 12.7. The van der Waals surface area contributed by atoms with Crippen LogP contribution in [0.2, 0.25) is 0 Å². The number of aliphatic hydroxyl groups is 1. The van der Waals surface area contributed by atoms with E-state index >= 15 is 0 Å². The molecule has 1 aliphatic carbocycles. The van der Waals surface area contributed by atoms with Crippen LogP contribution < -0.4 is 5.43 Å². The van der Waals surface area contributed by atoms with E-state index in [2.05, 4.69) is 0 Å². The fourth-order valence-corrected chi connectivity index (χ4v) is 4.28. The zero-order chi connectivity index (χ0) is 17.9. The largest absolute Gasteiger partial charge is 0.507 e. The molecular weight excluding hydrogens is 336 g/mol. The minimum atomic E-state index is -1.01. The number of Topliss-reactive ketones (excluding diaryl/α,β-unsaturated/α-hetero) is 1. The van der Waals surface area contributed by atoms with Crippen molar-refractivity contribution in [1.29, 1.82) is 0 Å². The molecule has 25 heavy (non-hydrogen) atoms. The third-order valence-corrected chi connectivity index (χ3v) is 5.73. The van der Waals surface area contributed by atoms with Gasteiger partial charge in [0.1, 0.15) is 22.8 Å². The molecule has 4 nitrogen and oxygen atoms in total. The second-order valence-electron chi connectivity index (χ2n) is 6.75. The lowest BCUT2D eigenvalue weighted by molar-refractivity contribution is -0.120. The number of hydrogen-bond donors (Lipinski definition) is 1. The van der Waals surface area contributed by atoms with E-state index in [1.807, 2.05) is 29.6 Å². The first-order valence-corrected chi connectivity index (χ1v) is 8.80. The molecule has 0 fully saturated rings. The summed E-state index contributed by atoms with van der Waals surface area (Å²) in [7, 11) is 0. The molecule has 0 saturated carbocycles. The van der Waals surface area contributed by atoms with E-state index in [9.17, 15) is 14.7 Å². The maximum absolute atomic E-state index is 12.7. The zero-order valence-electron chi connectivity index (χ0n) is 14.0. The van der Waals surface area contributed by atoms with Crippen LogP contribution in [0, 0.1) is 0 Å². The molecule has 0 unspecified atom stereocenters. The highest BCUT2D eigenvalue weighted by Gasteiger charge is 2.43. The molecule has 0 saturated heterocycles. The predicted molar refractivity (Wildman–Crippen MR) is 99.1 cm³/mol. The highest BCUT2D eigenvalue weighted by atomic mass is 32.1. The van der Waals surface area contributed by atoms with Gasteiger partial charge in [0, 0.05) is 32.7 Å². The van der Waals surface area contributed by atoms with E-state index in [0.29, 0.717) is 5.76 Å². The second-order valence-corrected chi connectivity index (χ2v) is 7.66. The van der Waals surface area contributed by atoms with Gasteiger partial charge in [-0.2, -0.15) is 0 Å². The van der Waals surface area contributed by atoms with Crippen LogP contribution >= 0.6 is 11.3 Å². The molecule has 0 bridgehead atoms. The fourth-order valence-electron chi connectivity index (χ4n) is 3.33.